The maximum Gasteiger partial charge on any atom is 0.254 e. The van der Waals surface area contributed by atoms with Crippen molar-refractivity contribution in [3.63, 3.8) is 0 Å². The Balaban J connectivity index is 1.76. The monoisotopic (exact) mass is 357 g/mol. The average Bonchev–Trinajstić information content (AvgIpc) is 3.22. The third-order valence-corrected chi connectivity index (χ3v) is 3.86. The van der Waals surface area contributed by atoms with E-state index in [0.717, 1.165) is 5.69 Å². The summed E-state index contributed by atoms with van der Waals surface area (Å²) in [7, 11) is 0. The van der Waals surface area contributed by atoms with Gasteiger partial charge >= 0.3 is 0 Å². The van der Waals surface area contributed by atoms with Crippen LogP contribution >= 0.6 is 0 Å². The van der Waals surface area contributed by atoms with Crippen LogP contribution in [0, 0.1) is 12.7 Å². The first kappa shape index (κ1) is 17.8. The van der Waals surface area contributed by atoms with Crippen molar-refractivity contribution >= 4 is 5.91 Å². The van der Waals surface area contributed by atoms with Crippen molar-refractivity contribution in [3.05, 3.63) is 59.3 Å². The molecule has 0 saturated heterocycles. The number of aryl methyl sites for hydroxylation is 1. The van der Waals surface area contributed by atoms with Crippen LogP contribution in [0.5, 0.6) is 0 Å². The van der Waals surface area contributed by atoms with E-state index in [1.807, 2.05) is 13.8 Å². The first-order valence-corrected chi connectivity index (χ1v) is 8.37. The third kappa shape index (κ3) is 3.79. The lowest BCUT2D eigenvalue weighted by Crippen LogP contribution is -2.26. The minimum Gasteiger partial charge on any atom is -0.351 e. The number of carbonyl (C=O) groups is 1. The van der Waals surface area contributed by atoms with Gasteiger partial charge in [0.15, 0.2) is 5.82 Å². The Labute approximate surface area is 150 Å². The van der Waals surface area contributed by atoms with Gasteiger partial charge in [0.1, 0.15) is 5.82 Å². The lowest BCUT2D eigenvalue weighted by Gasteiger charge is -2.13. The number of nitrogens with one attached hydrogen (secondary N) is 1. The maximum absolute atomic E-state index is 13.2. The van der Waals surface area contributed by atoms with Crippen molar-refractivity contribution in [1.82, 2.24) is 25.2 Å². The van der Waals surface area contributed by atoms with Crippen LogP contribution in [-0.2, 0) is 6.42 Å². The van der Waals surface area contributed by atoms with Gasteiger partial charge in [0.05, 0.1) is 23.1 Å². The second-order valence-electron chi connectivity index (χ2n) is 6.23. The molecule has 1 amide bonds. The van der Waals surface area contributed by atoms with Crippen molar-refractivity contribution in [3.8, 4) is 5.69 Å². The van der Waals surface area contributed by atoms with Gasteiger partial charge in [-0.1, -0.05) is 19.0 Å². The molecule has 1 aromatic carbocycles. The van der Waals surface area contributed by atoms with Crippen molar-refractivity contribution < 1.29 is 13.7 Å². The molecule has 2 aromatic heterocycles. The van der Waals surface area contributed by atoms with Crippen LogP contribution in [-0.4, -0.2) is 32.4 Å². The molecule has 0 aliphatic carbocycles. The summed E-state index contributed by atoms with van der Waals surface area (Å²) in [6.45, 7) is 6.08. The van der Waals surface area contributed by atoms with Crippen LogP contribution in [0.2, 0.25) is 0 Å². The van der Waals surface area contributed by atoms with Gasteiger partial charge in [0, 0.05) is 13.0 Å². The molecule has 0 aliphatic heterocycles. The predicted octanol–water partition coefficient (Wildman–Crippen LogP) is 2.80. The van der Waals surface area contributed by atoms with E-state index in [2.05, 4.69) is 20.6 Å². The smallest absolute Gasteiger partial charge is 0.254 e. The van der Waals surface area contributed by atoms with E-state index in [1.165, 1.54) is 18.3 Å². The van der Waals surface area contributed by atoms with Crippen molar-refractivity contribution in [2.45, 2.75) is 33.1 Å². The number of amides is 1. The molecule has 3 aromatic rings. The topological polar surface area (TPSA) is 85.8 Å². The normalized spacial score (nSPS) is 11.1. The lowest BCUT2D eigenvalue weighted by molar-refractivity contribution is 0.0952. The Morgan fingerprint density at radius 1 is 1.31 bits per heavy atom. The van der Waals surface area contributed by atoms with Crippen molar-refractivity contribution in [1.29, 1.82) is 0 Å². The Bertz CT molecular complexity index is 899. The van der Waals surface area contributed by atoms with Gasteiger partial charge in [-0.3, -0.25) is 4.79 Å². The molecule has 0 atom stereocenters. The second kappa shape index (κ2) is 7.47. The number of hydrogen-bond acceptors (Lipinski definition) is 5. The predicted molar refractivity (Wildman–Crippen MR) is 92.7 cm³/mol. The summed E-state index contributed by atoms with van der Waals surface area (Å²) in [4.78, 5) is 16.7. The molecule has 1 N–H and O–H groups in total. The van der Waals surface area contributed by atoms with Gasteiger partial charge in [0.2, 0.25) is 5.89 Å². The molecule has 8 heteroatoms. The molecule has 0 unspecified atom stereocenters. The van der Waals surface area contributed by atoms with Gasteiger partial charge in [-0.15, -0.1) is 0 Å². The Kier molecular flexibility index (Phi) is 5.11. The molecule has 0 bridgehead atoms. The molecule has 7 nitrogen and oxygen atoms in total. The standard InChI is InChI=1S/C18H20FN5O2/c1-11(2)17-15(10-21-24(17)14-6-4-13(19)5-7-14)18(25)20-9-8-16-22-12(3)23-26-16/h4-7,10-11H,8-9H2,1-3H3,(H,20,25). The number of carbonyl (C=O) groups excluding carboxylic acids is 1. The molecular formula is C18H20FN5O2. The molecular weight excluding hydrogens is 337 g/mol. The highest BCUT2D eigenvalue weighted by molar-refractivity contribution is 5.95. The second-order valence-corrected chi connectivity index (χ2v) is 6.23. The van der Waals surface area contributed by atoms with Crippen LogP contribution < -0.4 is 5.32 Å². The van der Waals surface area contributed by atoms with Crippen LogP contribution in [0.15, 0.2) is 35.0 Å². The van der Waals surface area contributed by atoms with E-state index in [1.54, 1.807) is 23.7 Å². The zero-order valence-corrected chi connectivity index (χ0v) is 14.9. The van der Waals surface area contributed by atoms with Gasteiger partial charge < -0.3 is 9.84 Å². The number of hydrogen-bond donors (Lipinski definition) is 1. The van der Waals surface area contributed by atoms with Crippen molar-refractivity contribution in [2.24, 2.45) is 0 Å². The van der Waals surface area contributed by atoms with Gasteiger partial charge in [-0.25, -0.2) is 9.07 Å². The van der Waals surface area contributed by atoms with E-state index < -0.39 is 0 Å². The molecule has 26 heavy (non-hydrogen) atoms. The molecule has 0 radical (unpaired) electrons. The summed E-state index contributed by atoms with van der Waals surface area (Å²) < 4.78 is 19.9. The van der Waals surface area contributed by atoms with E-state index in [4.69, 9.17) is 4.52 Å². The molecule has 0 fully saturated rings. The van der Waals surface area contributed by atoms with Crippen molar-refractivity contribution in [2.75, 3.05) is 6.54 Å². The molecule has 0 spiro atoms. The molecule has 136 valence electrons. The fourth-order valence-corrected chi connectivity index (χ4v) is 2.70. The highest BCUT2D eigenvalue weighted by Gasteiger charge is 2.20. The fraction of sp³-hybridized carbons (Fsp3) is 0.333. The fourth-order valence-electron chi connectivity index (χ4n) is 2.70. The lowest BCUT2D eigenvalue weighted by atomic mass is 10.0. The van der Waals surface area contributed by atoms with Crippen LogP contribution in [0.3, 0.4) is 0 Å². The van der Waals surface area contributed by atoms with Gasteiger partial charge in [0.25, 0.3) is 5.91 Å². The summed E-state index contributed by atoms with van der Waals surface area (Å²) >= 11 is 0. The average molecular weight is 357 g/mol. The summed E-state index contributed by atoms with van der Waals surface area (Å²) in [5, 5.41) is 10.9. The number of nitrogens with zero attached hydrogens (tertiary/aromatic N) is 4. The summed E-state index contributed by atoms with van der Waals surface area (Å²) in [6.07, 6.45) is 1.99. The highest BCUT2D eigenvalue weighted by Crippen LogP contribution is 2.23. The largest absolute Gasteiger partial charge is 0.351 e. The molecule has 0 aliphatic rings. The minimum atomic E-state index is -0.318. The number of rotatable bonds is 6. The number of aromatic nitrogens is 4. The number of halogens is 1. The van der Waals surface area contributed by atoms with E-state index >= 15 is 0 Å². The Hall–Kier alpha value is -3.03. The first-order valence-electron chi connectivity index (χ1n) is 8.37. The quantitative estimate of drug-likeness (QED) is 0.733. The zero-order valence-electron chi connectivity index (χ0n) is 14.9. The van der Waals surface area contributed by atoms with Crippen LogP contribution in [0.4, 0.5) is 4.39 Å². The Morgan fingerprint density at radius 2 is 2.04 bits per heavy atom. The van der Waals surface area contributed by atoms with E-state index in [-0.39, 0.29) is 17.6 Å². The highest BCUT2D eigenvalue weighted by atomic mass is 19.1. The molecule has 3 rings (SSSR count). The SMILES string of the molecule is Cc1noc(CCNC(=O)c2cnn(-c3ccc(F)cc3)c2C(C)C)n1. The summed E-state index contributed by atoms with van der Waals surface area (Å²) in [6, 6.07) is 6.00. The van der Waals surface area contributed by atoms with E-state index in [0.29, 0.717) is 35.9 Å². The van der Waals surface area contributed by atoms with Gasteiger partial charge in [-0.05, 0) is 37.1 Å². The third-order valence-electron chi connectivity index (χ3n) is 3.86. The van der Waals surface area contributed by atoms with E-state index in [9.17, 15) is 9.18 Å². The number of benzene rings is 1. The molecule has 0 saturated carbocycles. The Morgan fingerprint density at radius 3 is 2.65 bits per heavy atom. The maximum atomic E-state index is 13.2. The van der Waals surface area contributed by atoms with Gasteiger partial charge in [-0.2, -0.15) is 10.1 Å². The minimum absolute atomic E-state index is 0.0573. The summed E-state index contributed by atoms with van der Waals surface area (Å²) in [5.74, 6) is 0.560. The summed E-state index contributed by atoms with van der Waals surface area (Å²) in [5.41, 5.74) is 1.96. The van der Waals surface area contributed by atoms with Crippen LogP contribution in [0.1, 0.15) is 47.5 Å². The molecule has 2 heterocycles. The van der Waals surface area contributed by atoms with Crippen LogP contribution in [0.25, 0.3) is 5.69 Å². The zero-order chi connectivity index (χ0) is 18.7. The first-order chi connectivity index (χ1) is 12.5.